The highest BCUT2D eigenvalue weighted by molar-refractivity contribution is 5.92. The molecule has 6 nitrogen and oxygen atoms in total. The minimum absolute atomic E-state index is 0.107. The zero-order valence-corrected chi connectivity index (χ0v) is 12.3. The lowest BCUT2D eigenvalue weighted by Gasteiger charge is -2.29. The Morgan fingerprint density at radius 2 is 1.95 bits per heavy atom. The molecule has 3 rings (SSSR count). The summed E-state index contributed by atoms with van der Waals surface area (Å²) >= 11 is 0. The summed E-state index contributed by atoms with van der Waals surface area (Å²) < 4.78 is 5.23. The maximum Gasteiger partial charge on any atom is 0.273 e. The van der Waals surface area contributed by atoms with Crippen LogP contribution >= 0.6 is 0 Å². The van der Waals surface area contributed by atoms with Gasteiger partial charge in [-0.15, -0.1) is 0 Å². The Hall–Kier alpha value is -1.40. The Morgan fingerprint density at radius 3 is 2.62 bits per heavy atom. The summed E-state index contributed by atoms with van der Waals surface area (Å²) in [4.78, 5) is 12.2. The maximum atomic E-state index is 12.2. The number of aromatic nitrogens is 1. The van der Waals surface area contributed by atoms with Crippen molar-refractivity contribution in [3.05, 3.63) is 17.5 Å². The molecule has 21 heavy (non-hydrogen) atoms. The van der Waals surface area contributed by atoms with Gasteiger partial charge in [0.2, 0.25) is 0 Å². The number of carbonyl (C=O) groups excluding carboxylic acids is 1. The van der Waals surface area contributed by atoms with E-state index in [-0.39, 0.29) is 11.9 Å². The molecule has 1 aromatic rings. The molecule has 1 amide bonds. The maximum absolute atomic E-state index is 12.2. The van der Waals surface area contributed by atoms with E-state index in [1.54, 1.807) is 6.07 Å². The SMILES string of the molecule is NCCNC1CCC(NC(=O)c2cc(C3CC3)on2)CC1. The highest BCUT2D eigenvalue weighted by Gasteiger charge is 2.29. The summed E-state index contributed by atoms with van der Waals surface area (Å²) in [6.45, 7) is 1.54. The van der Waals surface area contributed by atoms with Crippen LogP contribution in [0.3, 0.4) is 0 Å². The minimum atomic E-state index is -0.107. The average Bonchev–Trinajstić information content (AvgIpc) is 3.23. The van der Waals surface area contributed by atoms with Crippen LogP contribution in [0, 0.1) is 0 Å². The van der Waals surface area contributed by atoms with E-state index in [2.05, 4.69) is 15.8 Å². The van der Waals surface area contributed by atoms with Gasteiger partial charge < -0.3 is 20.9 Å². The van der Waals surface area contributed by atoms with Crippen LogP contribution in [0.1, 0.15) is 60.7 Å². The standard InChI is InChI=1S/C15H24N4O2/c16-7-8-17-11-3-5-12(6-4-11)18-15(20)13-9-14(21-19-13)10-1-2-10/h9-12,17H,1-8,16H2,(H,18,20). The fraction of sp³-hybridized carbons (Fsp3) is 0.733. The zero-order valence-electron chi connectivity index (χ0n) is 12.3. The molecule has 2 aliphatic carbocycles. The number of nitrogens with one attached hydrogen (secondary N) is 2. The molecule has 0 atom stereocenters. The van der Waals surface area contributed by atoms with Gasteiger partial charge in [0.15, 0.2) is 5.69 Å². The molecule has 4 N–H and O–H groups in total. The van der Waals surface area contributed by atoms with Crippen molar-refractivity contribution >= 4 is 5.91 Å². The molecule has 2 fully saturated rings. The van der Waals surface area contributed by atoms with Crippen LogP contribution in [-0.2, 0) is 0 Å². The fourth-order valence-electron chi connectivity index (χ4n) is 2.95. The lowest BCUT2D eigenvalue weighted by molar-refractivity contribution is 0.0915. The molecular weight excluding hydrogens is 268 g/mol. The monoisotopic (exact) mass is 292 g/mol. The van der Waals surface area contributed by atoms with Crippen LogP contribution in [0.15, 0.2) is 10.6 Å². The smallest absolute Gasteiger partial charge is 0.273 e. The molecule has 2 saturated carbocycles. The largest absolute Gasteiger partial charge is 0.360 e. The molecular formula is C15H24N4O2. The van der Waals surface area contributed by atoms with Gasteiger partial charge in [0.05, 0.1) is 0 Å². The minimum Gasteiger partial charge on any atom is -0.360 e. The molecule has 0 aromatic carbocycles. The summed E-state index contributed by atoms with van der Waals surface area (Å²) in [5, 5.41) is 10.4. The lowest BCUT2D eigenvalue weighted by Crippen LogP contribution is -2.43. The molecule has 0 aliphatic heterocycles. The zero-order chi connectivity index (χ0) is 14.7. The second-order valence-electron chi connectivity index (χ2n) is 6.15. The van der Waals surface area contributed by atoms with Crippen LogP contribution in [0.4, 0.5) is 0 Å². The van der Waals surface area contributed by atoms with Gasteiger partial charge in [-0.25, -0.2) is 0 Å². The molecule has 6 heteroatoms. The third-order valence-corrected chi connectivity index (χ3v) is 4.38. The Labute approximate surface area is 124 Å². The fourth-order valence-corrected chi connectivity index (χ4v) is 2.95. The number of nitrogens with zero attached hydrogens (tertiary/aromatic N) is 1. The van der Waals surface area contributed by atoms with Crippen molar-refractivity contribution < 1.29 is 9.32 Å². The third kappa shape index (κ3) is 3.83. The molecule has 116 valence electrons. The number of rotatable bonds is 6. The summed E-state index contributed by atoms with van der Waals surface area (Å²) in [5.41, 5.74) is 5.91. The number of hydrogen-bond acceptors (Lipinski definition) is 5. The van der Waals surface area contributed by atoms with Gasteiger partial charge in [0.25, 0.3) is 5.91 Å². The van der Waals surface area contributed by atoms with E-state index in [9.17, 15) is 4.79 Å². The van der Waals surface area contributed by atoms with E-state index in [0.717, 1.165) is 50.8 Å². The summed E-state index contributed by atoms with van der Waals surface area (Å²) in [6.07, 6.45) is 6.46. The molecule has 0 bridgehead atoms. The first kappa shape index (κ1) is 14.5. The molecule has 0 radical (unpaired) electrons. The normalized spacial score (nSPS) is 25.8. The summed E-state index contributed by atoms with van der Waals surface area (Å²) in [5.74, 6) is 1.24. The number of nitrogens with two attached hydrogens (primary N) is 1. The van der Waals surface area contributed by atoms with Crippen LogP contribution < -0.4 is 16.4 Å². The van der Waals surface area contributed by atoms with Gasteiger partial charge in [-0.3, -0.25) is 4.79 Å². The second kappa shape index (κ2) is 6.58. The van der Waals surface area contributed by atoms with Gasteiger partial charge in [-0.1, -0.05) is 5.16 Å². The van der Waals surface area contributed by atoms with E-state index < -0.39 is 0 Å². The van der Waals surface area contributed by atoms with Gasteiger partial charge in [-0.05, 0) is 38.5 Å². The number of carbonyl (C=O) groups is 1. The van der Waals surface area contributed by atoms with E-state index in [1.165, 1.54) is 0 Å². The van der Waals surface area contributed by atoms with Crippen molar-refractivity contribution in [2.75, 3.05) is 13.1 Å². The molecule has 0 saturated heterocycles. The van der Waals surface area contributed by atoms with Crippen molar-refractivity contribution in [3.63, 3.8) is 0 Å². The summed E-state index contributed by atoms with van der Waals surface area (Å²) in [6, 6.07) is 2.58. The van der Waals surface area contributed by atoms with E-state index in [1.807, 2.05) is 0 Å². The van der Waals surface area contributed by atoms with E-state index >= 15 is 0 Å². The first-order valence-electron chi connectivity index (χ1n) is 7.97. The first-order chi connectivity index (χ1) is 10.3. The van der Waals surface area contributed by atoms with Crippen LogP contribution in [0.25, 0.3) is 0 Å². The Balaban J connectivity index is 1.44. The van der Waals surface area contributed by atoms with Gasteiger partial charge in [0, 0.05) is 37.2 Å². The lowest BCUT2D eigenvalue weighted by atomic mass is 9.91. The van der Waals surface area contributed by atoms with Crippen molar-refractivity contribution in [3.8, 4) is 0 Å². The third-order valence-electron chi connectivity index (χ3n) is 4.38. The molecule has 1 heterocycles. The molecule has 0 unspecified atom stereocenters. The second-order valence-corrected chi connectivity index (χ2v) is 6.15. The molecule has 2 aliphatic rings. The number of amides is 1. The molecule has 0 spiro atoms. The Morgan fingerprint density at radius 1 is 1.24 bits per heavy atom. The first-order valence-corrected chi connectivity index (χ1v) is 7.97. The topological polar surface area (TPSA) is 93.2 Å². The molecule has 1 aromatic heterocycles. The van der Waals surface area contributed by atoms with Gasteiger partial charge in [-0.2, -0.15) is 0 Å². The Kier molecular flexibility index (Phi) is 4.55. The van der Waals surface area contributed by atoms with Crippen molar-refractivity contribution in [1.29, 1.82) is 0 Å². The number of hydrogen-bond donors (Lipinski definition) is 3. The van der Waals surface area contributed by atoms with Crippen LogP contribution in [-0.4, -0.2) is 36.2 Å². The van der Waals surface area contributed by atoms with Crippen molar-refractivity contribution in [2.24, 2.45) is 5.73 Å². The predicted octanol–water partition coefficient (Wildman–Crippen LogP) is 1.14. The Bertz CT molecular complexity index is 476. The quantitative estimate of drug-likeness (QED) is 0.731. The average molecular weight is 292 g/mol. The van der Waals surface area contributed by atoms with Crippen LogP contribution in [0.2, 0.25) is 0 Å². The predicted molar refractivity (Wildman–Crippen MR) is 79.0 cm³/mol. The summed E-state index contributed by atoms with van der Waals surface area (Å²) in [7, 11) is 0. The van der Waals surface area contributed by atoms with Crippen LogP contribution in [0.5, 0.6) is 0 Å². The van der Waals surface area contributed by atoms with Gasteiger partial charge >= 0.3 is 0 Å². The van der Waals surface area contributed by atoms with Gasteiger partial charge in [0.1, 0.15) is 5.76 Å². The van der Waals surface area contributed by atoms with Crippen molar-refractivity contribution in [2.45, 2.75) is 56.5 Å². The van der Waals surface area contributed by atoms with E-state index in [4.69, 9.17) is 10.3 Å². The van der Waals surface area contributed by atoms with Crippen molar-refractivity contribution in [1.82, 2.24) is 15.8 Å². The highest BCUT2D eigenvalue weighted by Crippen LogP contribution is 2.40. The highest BCUT2D eigenvalue weighted by atomic mass is 16.5. The van der Waals surface area contributed by atoms with E-state index in [0.29, 0.717) is 24.2 Å².